The van der Waals surface area contributed by atoms with Gasteiger partial charge >= 0.3 is 0 Å². The summed E-state index contributed by atoms with van der Waals surface area (Å²) in [7, 11) is 0. The maximum Gasteiger partial charge on any atom is 0.263 e. The van der Waals surface area contributed by atoms with Crippen LogP contribution in [0.4, 0.5) is 10.9 Å². The molecule has 0 radical (unpaired) electrons. The van der Waals surface area contributed by atoms with E-state index in [0.717, 1.165) is 48.7 Å². The van der Waals surface area contributed by atoms with E-state index in [1.54, 1.807) is 6.20 Å². The fourth-order valence-corrected chi connectivity index (χ4v) is 4.53. The standard InChI is InChI=1S/C20H21N7OS/c1-12-7-17-25-18(24-12)15-3-2-6-27(15)11-14-5-4-13(8-21-14)9-22-19(28)16-10-23-20(26-17)29-16/h4-5,7-8,10,15H,2-3,6,9,11H2,1H3,(H,22,28)(H,23,24,25,26). The quantitative estimate of drug-likeness (QED) is 0.591. The van der Waals surface area contributed by atoms with Gasteiger partial charge in [0.25, 0.3) is 5.91 Å². The molecule has 29 heavy (non-hydrogen) atoms. The minimum atomic E-state index is -0.149. The first-order valence-corrected chi connectivity index (χ1v) is 10.5. The molecule has 3 aliphatic rings. The van der Waals surface area contributed by atoms with E-state index < -0.39 is 0 Å². The molecule has 1 saturated heterocycles. The lowest BCUT2D eigenvalue weighted by atomic mass is 10.2. The zero-order valence-corrected chi connectivity index (χ0v) is 16.9. The van der Waals surface area contributed by atoms with Crippen LogP contribution >= 0.6 is 11.3 Å². The molecule has 1 amide bonds. The third-order valence-corrected chi connectivity index (χ3v) is 6.11. The third kappa shape index (κ3) is 3.83. The number of anilines is 2. The number of carbonyl (C=O) groups is 1. The number of hydrogen-bond donors (Lipinski definition) is 2. The van der Waals surface area contributed by atoms with Crippen LogP contribution in [0.5, 0.6) is 0 Å². The Kier molecular flexibility index (Phi) is 4.69. The van der Waals surface area contributed by atoms with Gasteiger partial charge in [-0.25, -0.2) is 15.0 Å². The fourth-order valence-electron chi connectivity index (χ4n) is 3.79. The normalized spacial score (nSPS) is 19.3. The lowest BCUT2D eigenvalue weighted by Gasteiger charge is -2.23. The van der Waals surface area contributed by atoms with Gasteiger partial charge in [-0.05, 0) is 37.9 Å². The highest BCUT2D eigenvalue weighted by molar-refractivity contribution is 7.17. The number of rotatable bonds is 0. The van der Waals surface area contributed by atoms with Crippen molar-refractivity contribution in [2.45, 2.75) is 38.9 Å². The molecule has 1 unspecified atom stereocenters. The van der Waals surface area contributed by atoms with Crippen molar-refractivity contribution in [1.29, 1.82) is 0 Å². The van der Waals surface area contributed by atoms with Crippen LogP contribution in [0, 0.1) is 6.92 Å². The molecule has 6 heterocycles. The predicted octanol–water partition coefficient (Wildman–Crippen LogP) is 2.96. The highest BCUT2D eigenvalue weighted by Crippen LogP contribution is 2.32. The van der Waals surface area contributed by atoms with Crippen molar-refractivity contribution in [1.82, 2.24) is 30.2 Å². The molecule has 1 atom stereocenters. The molecule has 6 rings (SSSR count). The van der Waals surface area contributed by atoms with E-state index in [0.29, 0.717) is 22.4 Å². The molecule has 6 bridgehead atoms. The molecular weight excluding hydrogens is 386 g/mol. The number of carbonyl (C=O) groups excluding carboxylic acids is 1. The Morgan fingerprint density at radius 3 is 3.00 bits per heavy atom. The van der Waals surface area contributed by atoms with Crippen molar-refractivity contribution >= 4 is 28.2 Å². The summed E-state index contributed by atoms with van der Waals surface area (Å²) in [6, 6.07) is 6.12. The maximum atomic E-state index is 12.4. The molecular formula is C20H21N7OS. The Morgan fingerprint density at radius 1 is 1.21 bits per heavy atom. The summed E-state index contributed by atoms with van der Waals surface area (Å²) in [5.41, 5.74) is 2.88. The summed E-state index contributed by atoms with van der Waals surface area (Å²) >= 11 is 1.31. The highest BCUT2D eigenvalue weighted by Gasteiger charge is 2.29. The fraction of sp³-hybridized carbons (Fsp3) is 0.350. The first-order valence-electron chi connectivity index (χ1n) is 9.68. The van der Waals surface area contributed by atoms with E-state index in [1.165, 1.54) is 11.3 Å². The number of thiazole rings is 1. The molecule has 148 valence electrons. The van der Waals surface area contributed by atoms with E-state index in [-0.39, 0.29) is 11.9 Å². The monoisotopic (exact) mass is 407 g/mol. The zero-order valence-electron chi connectivity index (χ0n) is 16.1. The second kappa shape index (κ2) is 7.49. The highest BCUT2D eigenvalue weighted by atomic mass is 32.1. The molecule has 0 aliphatic carbocycles. The average molecular weight is 408 g/mol. The Bertz CT molecular complexity index is 1050. The molecule has 9 heteroatoms. The minimum Gasteiger partial charge on any atom is -0.347 e. The Balaban J connectivity index is 1.55. The summed E-state index contributed by atoms with van der Waals surface area (Å²) < 4.78 is 0. The lowest BCUT2D eigenvalue weighted by Crippen LogP contribution is -2.25. The summed E-state index contributed by atoms with van der Waals surface area (Å²) in [4.78, 5) is 33.8. The van der Waals surface area contributed by atoms with E-state index >= 15 is 0 Å². The van der Waals surface area contributed by atoms with E-state index in [9.17, 15) is 4.79 Å². The number of nitrogens with one attached hydrogen (secondary N) is 2. The maximum absolute atomic E-state index is 12.4. The van der Waals surface area contributed by atoms with Gasteiger partial charge in [0.1, 0.15) is 16.5 Å². The van der Waals surface area contributed by atoms with Crippen LogP contribution in [0.1, 0.15) is 51.3 Å². The van der Waals surface area contributed by atoms with Gasteiger partial charge in [-0.15, -0.1) is 0 Å². The van der Waals surface area contributed by atoms with Gasteiger partial charge < -0.3 is 10.6 Å². The van der Waals surface area contributed by atoms with E-state index in [4.69, 9.17) is 9.97 Å². The first kappa shape index (κ1) is 18.1. The number of nitrogens with zero attached hydrogens (tertiary/aromatic N) is 5. The second-order valence-corrected chi connectivity index (χ2v) is 8.41. The lowest BCUT2D eigenvalue weighted by molar-refractivity contribution is 0.0954. The summed E-state index contributed by atoms with van der Waals surface area (Å²) in [5, 5.41) is 6.80. The van der Waals surface area contributed by atoms with Crippen molar-refractivity contribution in [2.24, 2.45) is 0 Å². The van der Waals surface area contributed by atoms with Crippen molar-refractivity contribution in [2.75, 3.05) is 11.9 Å². The number of hydrogen-bond acceptors (Lipinski definition) is 8. The van der Waals surface area contributed by atoms with Crippen molar-refractivity contribution in [3.8, 4) is 0 Å². The summed E-state index contributed by atoms with van der Waals surface area (Å²) in [6.07, 6.45) is 5.56. The van der Waals surface area contributed by atoms with Crippen molar-refractivity contribution in [3.63, 3.8) is 0 Å². The van der Waals surface area contributed by atoms with Crippen LogP contribution in [0.2, 0.25) is 0 Å². The van der Waals surface area contributed by atoms with Crippen LogP contribution < -0.4 is 10.6 Å². The SMILES string of the molecule is Cc1cc2nc(n1)C1CCCN1Cc1ccc(cn1)CNC(=O)c1cnc(s1)N2. The van der Waals surface area contributed by atoms with E-state index in [1.807, 2.05) is 31.3 Å². The number of pyridine rings is 1. The Hall–Kier alpha value is -2.91. The number of aryl methyl sites for hydroxylation is 1. The van der Waals surface area contributed by atoms with Gasteiger partial charge in [-0.1, -0.05) is 17.4 Å². The smallest absolute Gasteiger partial charge is 0.263 e. The molecule has 3 aromatic rings. The summed E-state index contributed by atoms with van der Waals surface area (Å²) in [5.74, 6) is 1.37. The van der Waals surface area contributed by atoms with Crippen LogP contribution in [-0.2, 0) is 13.1 Å². The minimum absolute atomic E-state index is 0.149. The summed E-state index contributed by atoms with van der Waals surface area (Å²) in [6.45, 7) is 4.16. The number of aromatic nitrogens is 4. The Morgan fingerprint density at radius 2 is 2.14 bits per heavy atom. The van der Waals surface area contributed by atoms with Gasteiger partial charge in [0.2, 0.25) is 0 Å². The zero-order chi connectivity index (χ0) is 19.8. The molecule has 2 N–H and O–H groups in total. The number of fused-ring (bicyclic) bond motifs is 4. The number of amides is 1. The van der Waals surface area contributed by atoms with Crippen LogP contribution in [-0.4, -0.2) is 37.3 Å². The van der Waals surface area contributed by atoms with Crippen molar-refractivity contribution < 1.29 is 4.79 Å². The second-order valence-electron chi connectivity index (χ2n) is 7.38. The molecule has 0 spiro atoms. The van der Waals surface area contributed by atoms with Gasteiger partial charge in [0.15, 0.2) is 5.13 Å². The first-order chi connectivity index (χ1) is 14.1. The van der Waals surface area contributed by atoms with Crippen molar-refractivity contribution in [3.05, 3.63) is 58.2 Å². The van der Waals surface area contributed by atoms with Gasteiger partial charge in [-0.3, -0.25) is 14.7 Å². The third-order valence-electron chi connectivity index (χ3n) is 5.20. The van der Waals surface area contributed by atoms with Crippen LogP contribution in [0.25, 0.3) is 0 Å². The molecule has 0 saturated carbocycles. The molecule has 1 fully saturated rings. The van der Waals surface area contributed by atoms with Gasteiger partial charge in [0, 0.05) is 31.0 Å². The average Bonchev–Trinajstić information content (AvgIpc) is 3.36. The Labute approximate surface area is 172 Å². The largest absolute Gasteiger partial charge is 0.347 e. The van der Waals surface area contributed by atoms with Crippen LogP contribution in [0.3, 0.4) is 0 Å². The molecule has 3 aliphatic heterocycles. The van der Waals surface area contributed by atoms with Gasteiger partial charge in [0.05, 0.1) is 17.9 Å². The predicted molar refractivity (Wildman–Crippen MR) is 110 cm³/mol. The molecule has 0 aromatic carbocycles. The van der Waals surface area contributed by atoms with Crippen LogP contribution in [0.15, 0.2) is 30.6 Å². The topological polar surface area (TPSA) is 95.9 Å². The van der Waals surface area contributed by atoms with Gasteiger partial charge in [-0.2, -0.15) is 0 Å². The molecule has 3 aromatic heterocycles. The van der Waals surface area contributed by atoms with E-state index in [2.05, 4.69) is 25.5 Å². The molecule has 8 nitrogen and oxygen atoms in total.